The van der Waals surface area contributed by atoms with Gasteiger partial charge in [-0.1, -0.05) is 6.07 Å². The number of rotatable bonds is 2. The molecule has 19 heavy (non-hydrogen) atoms. The first-order valence-electron chi connectivity index (χ1n) is 6.24. The maximum absolute atomic E-state index is 13.6. The highest BCUT2D eigenvalue weighted by Gasteiger charge is 2.21. The summed E-state index contributed by atoms with van der Waals surface area (Å²) in [6, 6.07) is 3.89. The van der Waals surface area contributed by atoms with Gasteiger partial charge in [0.2, 0.25) is 0 Å². The topological polar surface area (TPSA) is 56.7 Å². The van der Waals surface area contributed by atoms with E-state index in [0.717, 1.165) is 18.7 Å². The molecule has 2 heterocycles. The molecule has 2 aromatic rings. The Morgan fingerprint density at radius 2 is 2.00 bits per heavy atom. The lowest BCUT2D eigenvalue weighted by atomic mass is 10.1. The van der Waals surface area contributed by atoms with Crippen molar-refractivity contribution in [2.45, 2.75) is 31.8 Å². The van der Waals surface area contributed by atoms with Crippen molar-refractivity contribution in [1.82, 2.24) is 14.8 Å². The molecule has 6 heteroatoms. The Labute approximate surface area is 109 Å². The van der Waals surface area contributed by atoms with Gasteiger partial charge in [0.15, 0.2) is 0 Å². The van der Waals surface area contributed by atoms with Gasteiger partial charge < -0.3 is 10.3 Å². The monoisotopic (exact) mass is 264 g/mol. The molecule has 1 atom stereocenters. The molecule has 1 aromatic heterocycles. The van der Waals surface area contributed by atoms with Gasteiger partial charge >= 0.3 is 0 Å². The predicted octanol–water partition coefficient (Wildman–Crippen LogP) is 1.42. The molecule has 0 saturated carbocycles. The Bertz CT molecular complexity index is 588. The Hall–Kier alpha value is -1.82. The smallest absolute Gasteiger partial charge is 0.137 e. The molecule has 1 aromatic carbocycles. The molecule has 0 amide bonds. The zero-order valence-corrected chi connectivity index (χ0v) is 10.3. The molecule has 0 bridgehead atoms. The van der Waals surface area contributed by atoms with Crippen LogP contribution in [0.5, 0.6) is 0 Å². The van der Waals surface area contributed by atoms with E-state index in [4.69, 9.17) is 5.73 Å². The van der Waals surface area contributed by atoms with Gasteiger partial charge in [-0.15, -0.1) is 10.2 Å². The van der Waals surface area contributed by atoms with Gasteiger partial charge in [0.1, 0.15) is 23.3 Å². The lowest BCUT2D eigenvalue weighted by Crippen LogP contribution is -2.32. The highest BCUT2D eigenvalue weighted by atomic mass is 19.1. The number of halogens is 2. The van der Waals surface area contributed by atoms with Crippen LogP contribution in [0.15, 0.2) is 18.2 Å². The zero-order chi connectivity index (χ0) is 13.4. The Morgan fingerprint density at radius 1 is 1.26 bits per heavy atom. The Morgan fingerprint density at radius 3 is 2.74 bits per heavy atom. The van der Waals surface area contributed by atoms with E-state index in [0.29, 0.717) is 12.4 Å². The highest BCUT2D eigenvalue weighted by Crippen LogP contribution is 2.19. The summed E-state index contributed by atoms with van der Waals surface area (Å²) in [5.41, 5.74) is 5.93. The van der Waals surface area contributed by atoms with E-state index < -0.39 is 11.6 Å². The second-order valence-electron chi connectivity index (χ2n) is 4.82. The molecule has 1 aliphatic rings. The van der Waals surface area contributed by atoms with Crippen molar-refractivity contribution in [3.05, 3.63) is 47.0 Å². The van der Waals surface area contributed by atoms with Crippen LogP contribution in [-0.4, -0.2) is 20.8 Å². The first kappa shape index (κ1) is 12.2. The first-order chi connectivity index (χ1) is 9.15. The normalized spacial score (nSPS) is 18.4. The van der Waals surface area contributed by atoms with Crippen molar-refractivity contribution in [3.8, 4) is 0 Å². The van der Waals surface area contributed by atoms with E-state index in [1.807, 2.05) is 4.57 Å². The molecule has 3 rings (SSSR count). The second kappa shape index (κ2) is 4.70. The maximum Gasteiger partial charge on any atom is 0.137 e. The molecule has 0 aliphatic carbocycles. The predicted molar refractivity (Wildman–Crippen MR) is 65.5 cm³/mol. The van der Waals surface area contributed by atoms with E-state index in [1.165, 1.54) is 18.2 Å². The van der Waals surface area contributed by atoms with Gasteiger partial charge in [-0.2, -0.15) is 0 Å². The third kappa shape index (κ3) is 2.23. The first-order valence-corrected chi connectivity index (χ1v) is 6.24. The van der Waals surface area contributed by atoms with E-state index in [2.05, 4.69) is 10.2 Å². The molecule has 0 radical (unpaired) electrons. The van der Waals surface area contributed by atoms with Gasteiger partial charge in [0.25, 0.3) is 0 Å². The summed E-state index contributed by atoms with van der Waals surface area (Å²) in [7, 11) is 0. The quantitative estimate of drug-likeness (QED) is 0.892. The van der Waals surface area contributed by atoms with Crippen LogP contribution in [0.4, 0.5) is 8.78 Å². The van der Waals surface area contributed by atoms with Gasteiger partial charge in [-0.05, 0) is 18.6 Å². The number of nitrogens with zero attached hydrogens (tertiary/aromatic N) is 3. The summed E-state index contributed by atoms with van der Waals surface area (Å²) in [6.07, 6.45) is 1.72. The fourth-order valence-electron chi connectivity index (χ4n) is 2.40. The van der Waals surface area contributed by atoms with Gasteiger partial charge in [0, 0.05) is 31.0 Å². The van der Waals surface area contributed by atoms with Crippen LogP contribution in [0.1, 0.15) is 23.6 Å². The van der Waals surface area contributed by atoms with E-state index in [-0.39, 0.29) is 18.0 Å². The molecule has 2 N–H and O–H groups in total. The van der Waals surface area contributed by atoms with E-state index >= 15 is 0 Å². The number of aromatic nitrogens is 3. The van der Waals surface area contributed by atoms with Crippen molar-refractivity contribution >= 4 is 0 Å². The van der Waals surface area contributed by atoms with E-state index in [1.54, 1.807) is 0 Å². The second-order valence-corrected chi connectivity index (χ2v) is 4.82. The molecule has 1 aliphatic heterocycles. The molecule has 4 nitrogen and oxygen atoms in total. The lowest BCUT2D eigenvalue weighted by Gasteiger charge is -2.20. The summed E-state index contributed by atoms with van der Waals surface area (Å²) in [5.74, 6) is 0.289. The van der Waals surface area contributed by atoms with Crippen molar-refractivity contribution in [3.63, 3.8) is 0 Å². The Balaban J connectivity index is 1.94. The van der Waals surface area contributed by atoms with Gasteiger partial charge in [-0.25, -0.2) is 8.78 Å². The van der Waals surface area contributed by atoms with Crippen molar-refractivity contribution in [1.29, 1.82) is 0 Å². The minimum Gasteiger partial charge on any atom is -0.326 e. The average molecular weight is 264 g/mol. The van der Waals surface area contributed by atoms with Crippen LogP contribution in [0.2, 0.25) is 0 Å². The number of aryl methyl sites for hydroxylation is 1. The summed E-state index contributed by atoms with van der Waals surface area (Å²) < 4.78 is 29.1. The fourth-order valence-corrected chi connectivity index (χ4v) is 2.40. The third-order valence-corrected chi connectivity index (χ3v) is 3.46. The van der Waals surface area contributed by atoms with Crippen LogP contribution in [0.25, 0.3) is 0 Å². The molecular formula is C13H14F2N4. The van der Waals surface area contributed by atoms with Crippen LogP contribution in [-0.2, 0) is 19.4 Å². The standard InChI is InChI=1S/C13H14F2N4/c14-10-2-1-3-11(15)9(10)6-13-18-17-12-5-4-8(16)7-19(12)13/h1-3,8H,4-7,16H2. The molecule has 0 saturated heterocycles. The SMILES string of the molecule is NC1CCc2nnc(Cc3c(F)cccc3F)n2C1. The fraction of sp³-hybridized carbons (Fsp3) is 0.385. The maximum atomic E-state index is 13.6. The van der Waals surface area contributed by atoms with Crippen LogP contribution >= 0.6 is 0 Å². The number of hydrogen-bond donors (Lipinski definition) is 1. The molecule has 0 fully saturated rings. The Kier molecular flexibility index (Phi) is 3.02. The van der Waals surface area contributed by atoms with Crippen LogP contribution in [0.3, 0.4) is 0 Å². The molecular weight excluding hydrogens is 250 g/mol. The summed E-state index contributed by atoms with van der Waals surface area (Å²) >= 11 is 0. The number of nitrogens with two attached hydrogens (primary N) is 1. The minimum atomic E-state index is -0.558. The number of benzene rings is 1. The van der Waals surface area contributed by atoms with Gasteiger partial charge in [0.05, 0.1) is 0 Å². The summed E-state index contributed by atoms with van der Waals surface area (Å²) in [4.78, 5) is 0. The minimum absolute atomic E-state index is 0.0249. The van der Waals surface area contributed by atoms with Crippen molar-refractivity contribution in [2.75, 3.05) is 0 Å². The molecule has 1 unspecified atom stereocenters. The third-order valence-electron chi connectivity index (χ3n) is 3.46. The average Bonchev–Trinajstić information content (AvgIpc) is 2.76. The van der Waals surface area contributed by atoms with Crippen molar-refractivity contribution < 1.29 is 8.78 Å². The molecule has 100 valence electrons. The summed E-state index contributed by atoms with van der Waals surface area (Å²) in [6.45, 7) is 0.605. The van der Waals surface area contributed by atoms with Crippen LogP contribution < -0.4 is 5.73 Å². The number of hydrogen-bond acceptors (Lipinski definition) is 3. The number of fused-ring (bicyclic) bond motifs is 1. The largest absolute Gasteiger partial charge is 0.326 e. The van der Waals surface area contributed by atoms with E-state index in [9.17, 15) is 8.78 Å². The summed E-state index contributed by atoms with van der Waals surface area (Å²) in [5, 5.41) is 8.09. The van der Waals surface area contributed by atoms with Crippen molar-refractivity contribution in [2.24, 2.45) is 5.73 Å². The molecule has 0 spiro atoms. The highest BCUT2D eigenvalue weighted by molar-refractivity contribution is 5.23. The zero-order valence-electron chi connectivity index (χ0n) is 10.3. The van der Waals surface area contributed by atoms with Crippen LogP contribution in [0, 0.1) is 11.6 Å². The van der Waals surface area contributed by atoms with Gasteiger partial charge in [-0.3, -0.25) is 0 Å². The lowest BCUT2D eigenvalue weighted by molar-refractivity contribution is 0.443.